The third kappa shape index (κ3) is 5.19. The molecule has 0 aromatic carbocycles. The molecule has 0 radical (unpaired) electrons. The number of piperazine rings is 1. The molecule has 2 heterocycles. The normalized spacial score (nSPS) is 18.9. The summed E-state index contributed by atoms with van der Waals surface area (Å²) in [5, 5.41) is 0. The van der Waals surface area contributed by atoms with Gasteiger partial charge in [-0.1, -0.05) is 0 Å². The maximum absolute atomic E-state index is 12.3. The van der Waals surface area contributed by atoms with Crippen LogP contribution in [0, 0.1) is 6.92 Å². The molecule has 0 aliphatic carbocycles. The van der Waals surface area contributed by atoms with Crippen LogP contribution in [0.2, 0.25) is 0 Å². The molecule has 1 aromatic heterocycles. The van der Waals surface area contributed by atoms with Crippen molar-refractivity contribution in [3.05, 3.63) is 18.2 Å². The summed E-state index contributed by atoms with van der Waals surface area (Å²) < 4.78 is 12.4. The predicted molar refractivity (Wildman–Crippen MR) is 92.1 cm³/mol. The van der Waals surface area contributed by atoms with E-state index < -0.39 is 17.7 Å². The number of hydrogen-bond donors (Lipinski definition) is 0. The lowest BCUT2D eigenvalue weighted by atomic mass is 10.1. The number of hydrogen-bond acceptors (Lipinski definition) is 6. The van der Waals surface area contributed by atoms with Gasteiger partial charge in [-0.15, -0.1) is 0 Å². The van der Waals surface area contributed by atoms with E-state index in [1.165, 1.54) is 7.11 Å². The van der Waals surface area contributed by atoms with Crippen molar-refractivity contribution >= 4 is 12.1 Å². The van der Waals surface area contributed by atoms with Crippen LogP contribution < -0.4 is 0 Å². The largest absolute Gasteiger partial charge is 0.468 e. The second kappa shape index (κ2) is 7.86. The number of esters is 1. The molecule has 1 saturated heterocycles. The Kier molecular flexibility index (Phi) is 6.05. The monoisotopic (exact) mass is 352 g/mol. The molecule has 8 nitrogen and oxygen atoms in total. The number of methoxy groups -OCH3 is 1. The first-order valence-electron chi connectivity index (χ1n) is 8.49. The lowest BCUT2D eigenvalue weighted by Crippen LogP contribution is -2.59. The number of amides is 1. The van der Waals surface area contributed by atoms with Crippen LogP contribution in [0.1, 0.15) is 26.6 Å². The van der Waals surface area contributed by atoms with E-state index in [-0.39, 0.29) is 12.5 Å². The van der Waals surface area contributed by atoms with Gasteiger partial charge in [0, 0.05) is 38.6 Å². The first-order valence-corrected chi connectivity index (χ1v) is 8.49. The van der Waals surface area contributed by atoms with Gasteiger partial charge in [-0.3, -0.25) is 9.69 Å². The molecule has 0 N–H and O–H groups in total. The zero-order valence-electron chi connectivity index (χ0n) is 15.7. The number of nitrogens with zero attached hydrogens (tertiary/aromatic N) is 4. The topological polar surface area (TPSA) is 76.9 Å². The summed E-state index contributed by atoms with van der Waals surface area (Å²) >= 11 is 0. The highest BCUT2D eigenvalue weighted by atomic mass is 16.6. The molecule has 1 atom stereocenters. The van der Waals surface area contributed by atoms with Crippen molar-refractivity contribution in [2.75, 3.05) is 33.3 Å². The molecular weight excluding hydrogens is 324 g/mol. The second-order valence-corrected chi connectivity index (χ2v) is 7.17. The highest BCUT2D eigenvalue weighted by Gasteiger charge is 2.36. The van der Waals surface area contributed by atoms with Crippen molar-refractivity contribution < 1.29 is 19.1 Å². The third-order valence-corrected chi connectivity index (χ3v) is 4.17. The van der Waals surface area contributed by atoms with Gasteiger partial charge in [0.05, 0.1) is 13.7 Å². The number of imidazole rings is 1. The van der Waals surface area contributed by atoms with Crippen molar-refractivity contribution in [3.63, 3.8) is 0 Å². The summed E-state index contributed by atoms with van der Waals surface area (Å²) in [5.41, 5.74) is -0.562. The average Bonchev–Trinajstić information content (AvgIpc) is 2.95. The van der Waals surface area contributed by atoms with Gasteiger partial charge in [0.2, 0.25) is 0 Å². The van der Waals surface area contributed by atoms with Gasteiger partial charge < -0.3 is 18.9 Å². The van der Waals surface area contributed by atoms with Crippen LogP contribution in [0.25, 0.3) is 0 Å². The molecule has 0 bridgehead atoms. The molecule has 2 rings (SSSR count). The fourth-order valence-electron chi connectivity index (χ4n) is 2.82. The Morgan fingerprint density at radius 3 is 2.56 bits per heavy atom. The Labute approximate surface area is 148 Å². The van der Waals surface area contributed by atoms with Crippen LogP contribution in [-0.4, -0.2) is 76.3 Å². The minimum Gasteiger partial charge on any atom is -0.468 e. The average molecular weight is 352 g/mol. The molecular formula is C17H28N4O4. The summed E-state index contributed by atoms with van der Waals surface area (Å²) in [5.74, 6) is 0.595. The minimum absolute atomic E-state index is 0.268. The number of rotatable bonds is 4. The fourth-order valence-corrected chi connectivity index (χ4v) is 2.82. The van der Waals surface area contributed by atoms with Crippen LogP contribution in [0.5, 0.6) is 0 Å². The summed E-state index contributed by atoms with van der Waals surface area (Å²) in [4.78, 5) is 32.3. The van der Waals surface area contributed by atoms with Crippen LogP contribution in [0.15, 0.2) is 12.4 Å². The molecule has 25 heavy (non-hydrogen) atoms. The van der Waals surface area contributed by atoms with Crippen molar-refractivity contribution in [3.8, 4) is 0 Å². The maximum atomic E-state index is 12.3. The molecule has 1 unspecified atom stereocenters. The van der Waals surface area contributed by atoms with E-state index >= 15 is 0 Å². The van der Waals surface area contributed by atoms with Gasteiger partial charge in [-0.2, -0.15) is 0 Å². The third-order valence-electron chi connectivity index (χ3n) is 4.17. The van der Waals surface area contributed by atoms with E-state index in [1.54, 1.807) is 11.1 Å². The van der Waals surface area contributed by atoms with Crippen molar-refractivity contribution in [1.82, 2.24) is 19.4 Å². The Balaban J connectivity index is 2.01. The molecule has 1 fully saturated rings. The van der Waals surface area contributed by atoms with Gasteiger partial charge in [-0.05, 0) is 27.7 Å². The fraction of sp³-hybridized carbons (Fsp3) is 0.706. The van der Waals surface area contributed by atoms with Crippen LogP contribution >= 0.6 is 0 Å². The molecule has 140 valence electrons. The van der Waals surface area contributed by atoms with Gasteiger partial charge in [0.15, 0.2) is 0 Å². The Bertz CT molecular complexity index is 608. The van der Waals surface area contributed by atoms with E-state index in [0.717, 1.165) is 12.4 Å². The molecule has 0 spiro atoms. The lowest BCUT2D eigenvalue weighted by molar-refractivity contribution is -0.149. The van der Waals surface area contributed by atoms with E-state index in [0.29, 0.717) is 19.6 Å². The molecule has 1 aliphatic rings. The van der Waals surface area contributed by atoms with Crippen LogP contribution in [0.3, 0.4) is 0 Å². The number of aromatic nitrogens is 2. The summed E-state index contributed by atoms with van der Waals surface area (Å²) in [6.07, 6.45) is 3.28. The zero-order chi connectivity index (χ0) is 18.6. The Morgan fingerprint density at radius 1 is 1.28 bits per heavy atom. The molecule has 0 saturated carbocycles. The number of aryl methyl sites for hydroxylation is 1. The summed E-state index contributed by atoms with van der Waals surface area (Å²) in [6, 6.07) is -0.491. The molecule has 1 aromatic rings. The van der Waals surface area contributed by atoms with E-state index in [2.05, 4.69) is 4.98 Å². The van der Waals surface area contributed by atoms with Crippen LogP contribution in [0.4, 0.5) is 4.79 Å². The smallest absolute Gasteiger partial charge is 0.410 e. The first-order chi connectivity index (χ1) is 11.7. The van der Waals surface area contributed by atoms with Gasteiger partial charge in [0.1, 0.15) is 17.5 Å². The quantitative estimate of drug-likeness (QED) is 0.760. The highest BCUT2D eigenvalue weighted by Crippen LogP contribution is 2.16. The number of carbonyl (C=O) groups is 2. The number of ether oxygens (including phenoxy) is 2. The van der Waals surface area contributed by atoms with Crippen LogP contribution in [-0.2, 0) is 20.8 Å². The second-order valence-electron chi connectivity index (χ2n) is 7.17. The highest BCUT2D eigenvalue weighted by molar-refractivity contribution is 5.77. The molecule has 1 aliphatic heterocycles. The molecule has 1 amide bonds. The zero-order valence-corrected chi connectivity index (χ0v) is 15.7. The van der Waals surface area contributed by atoms with Crippen molar-refractivity contribution in [2.24, 2.45) is 0 Å². The predicted octanol–water partition coefficient (Wildman–Crippen LogP) is 1.29. The Hall–Kier alpha value is -2.09. The van der Waals surface area contributed by atoms with E-state index in [4.69, 9.17) is 9.47 Å². The Morgan fingerprint density at radius 2 is 2.00 bits per heavy atom. The van der Waals surface area contributed by atoms with Gasteiger partial charge >= 0.3 is 12.1 Å². The van der Waals surface area contributed by atoms with Gasteiger partial charge in [-0.25, -0.2) is 9.78 Å². The molecule has 8 heteroatoms. The van der Waals surface area contributed by atoms with Gasteiger partial charge in [0.25, 0.3) is 0 Å². The SMILES string of the molecule is COC(=O)C1CN(C(=O)OC(C)(C)C)CCN1CCn1ccnc1C. The number of carbonyl (C=O) groups excluding carboxylic acids is 2. The summed E-state index contributed by atoms with van der Waals surface area (Å²) in [7, 11) is 1.37. The van der Waals surface area contributed by atoms with E-state index in [9.17, 15) is 9.59 Å². The maximum Gasteiger partial charge on any atom is 0.410 e. The lowest BCUT2D eigenvalue weighted by Gasteiger charge is -2.40. The minimum atomic E-state index is -0.562. The summed E-state index contributed by atoms with van der Waals surface area (Å²) in [6.45, 7) is 10.2. The standard InChI is InChI=1S/C17H28N4O4/c1-13-18-6-7-19(13)8-9-20-10-11-21(12-14(20)15(22)24-5)16(23)25-17(2,3)4/h6-7,14H,8-12H2,1-5H3. The van der Waals surface area contributed by atoms with Crippen molar-refractivity contribution in [2.45, 2.75) is 45.9 Å². The first kappa shape index (κ1) is 19.2. The van der Waals surface area contributed by atoms with E-state index in [1.807, 2.05) is 43.4 Å². The van der Waals surface area contributed by atoms with Crippen molar-refractivity contribution in [1.29, 1.82) is 0 Å².